The molecule has 22 aromatic carbocycles. The van der Waals surface area contributed by atoms with Gasteiger partial charge >= 0.3 is 0 Å². The Morgan fingerprint density at radius 2 is 0.383 bits per heavy atom. The van der Waals surface area contributed by atoms with Crippen LogP contribution >= 0.6 is 0 Å². The molecule has 6 aromatic heterocycles. The molecule has 0 unspecified atom stereocenters. The highest BCUT2D eigenvalue weighted by Gasteiger charge is 2.27. The first kappa shape index (κ1) is 89.1. The van der Waals surface area contributed by atoms with Crippen molar-refractivity contribution in [2.75, 3.05) is 0 Å². The van der Waals surface area contributed by atoms with E-state index < -0.39 is 0 Å². The lowest BCUT2D eigenvalue weighted by molar-refractivity contribution is 1.07. The zero-order valence-corrected chi connectivity index (χ0v) is 81.2. The Hall–Kier alpha value is -20.0. The van der Waals surface area contributed by atoms with Crippen LogP contribution in [0.2, 0.25) is 0 Å². The average Bonchev–Trinajstić information content (AvgIpc) is 1.70. The van der Waals surface area contributed by atoms with Crippen LogP contribution in [0, 0.1) is 0 Å². The maximum Gasteiger partial charge on any atom is 0.145 e. The van der Waals surface area contributed by atoms with Crippen LogP contribution in [0.15, 0.2) is 564 Å². The van der Waals surface area contributed by atoms with Gasteiger partial charge in [-0.25, -0.2) is 29.9 Å². The fourth-order valence-electron chi connectivity index (χ4n) is 21.3. The van der Waals surface area contributed by atoms with E-state index >= 15 is 0 Å². The normalized spacial score (nSPS) is 11.4. The molecule has 698 valence electrons. The molecule has 0 saturated heterocycles. The van der Waals surface area contributed by atoms with E-state index in [1.165, 1.54) is 49.5 Å². The fraction of sp³-hybridized carbons (Fsp3) is 0. The summed E-state index contributed by atoms with van der Waals surface area (Å²) < 4.78 is 6.84. The Balaban J connectivity index is 0.000000113. The molecule has 0 bridgehead atoms. The van der Waals surface area contributed by atoms with Gasteiger partial charge in [0.25, 0.3) is 0 Å². The van der Waals surface area contributed by atoms with Crippen LogP contribution in [0.1, 0.15) is 0 Å². The lowest BCUT2D eigenvalue weighted by atomic mass is 9.91. The van der Waals surface area contributed by atoms with Crippen LogP contribution < -0.4 is 0 Å². The molecule has 0 radical (unpaired) electrons. The van der Waals surface area contributed by atoms with Crippen LogP contribution in [-0.4, -0.2) is 43.6 Å². The van der Waals surface area contributed by atoms with Crippen molar-refractivity contribution in [2.45, 2.75) is 0 Å². The summed E-state index contributed by atoms with van der Waals surface area (Å²) in [6, 6.07) is 199. The van der Waals surface area contributed by atoms with Gasteiger partial charge in [-0.05, 0) is 180 Å². The Labute approximate surface area is 863 Å². The van der Waals surface area contributed by atoms with Gasteiger partial charge in [-0.3, -0.25) is 13.7 Å². The number of rotatable bonds is 17. The van der Waals surface area contributed by atoms with Crippen LogP contribution in [0.5, 0.6) is 0 Å². The number of nitrogens with zero attached hydrogens (tertiary/aromatic N) is 9. The SMILES string of the molecule is c1ccc(-c2cc(-c3ccc(-n4c(-c5ccccc5)nc(-c5ccccc5)c4-c4ccccc4)cc3)c3cc(-c4ccccc4)c4ccccc4c3n2)cc1.c1ccc(-c2cc(-c3ccc(-n4c(-c5ccccc5)nc5ccccc54)cc3)c3cc(-c4ccccc4)c4ccccc4c3n2)cc1.c1ccc(-c2cc(-c3ccc4c(c3)nc(-c3ccccc3)n4-c3ccccc3)c3cc(-c4ccccc4)c4ccccc4c3n2)cc1. The zero-order valence-electron chi connectivity index (χ0n) is 81.2. The van der Waals surface area contributed by atoms with Gasteiger partial charge < -0.3 is 0 Å². The zero-order chi connectivity index (χ0) is 98.9. The highest BCUT2D eigenvalue weighted by molar-refractivity contribution is 6.20. The van der Waals surface area contributed by atoms with Crippen molar-refractivity contribution < 1.29 is 0 Å². The number of benzene rings is 22. The second-order valence-electron chi connectivity index (χ2n) is 37.4. The molecule has 6 heterocycles. The number of fused-ring (bicyclic) bond motifs is 11. The number of para-hydroxylation sites is 3. The van der Waals surface area contributed by atoms with E-state index in [1.807, 2.05) is 24.3 Å². The predicted molar refractivity (Wildman–Crippen MR) is 620 cm³/mol. The minimum atomic E-state index is 0.894. The van der Waals surface area contributed by atoms with E-state index in [1.54, 1.807) is 0 Å². The summed E-state index contributed by atoms with van der Waals surface area (Å²) in [6.45, 7) is 0. The largest absolute Gasteiger partial charge is 0.292 e. The molecule has 0 aliphatic carbocycles. The third kappa shape index (κ3) is 17.1. The third-order valence-corrected chi connectivity index (χ3v) is 28.4. The molecule has 0 atom stereocenters. The van der Waals surface area contributed by atoms with Crippen molar-refractivity contribution in [3.05, 3.63) is 564 Å². The first-order valence-electron chi connectivity index (χ1n) is 50.5. The third-order valence-electron chi connectivity index (χ3n) is 28.4. The smallest absolute Gasteiger partial charge is 0.145 e. The molecule has 0 fully saturated rings. The summed E-state index contributed by atoms with van der Waals surface area (Å²) in [5.41, 5.74) is 37.7. The van der Waals surface area contributed by atoms with E-state index in [4.69, 9.17) is 29.9 Å². The number of imidazole rings is 3. The van der Waals surface area contributed by atoms with Crippen LogP contribution in [0.3, 0.4) is 0 Å². The van der Waals surface area contributed by atoms with Crippen LogP contribution in [-0.2, 0) is 0 Å². The highest BCUT2D eigenvalue weighted by atomic mass is 15.1. The van der Waals surface area contributed by atoms with E-state index in [0.717, 1.165) is 212 Å². The van der Waals surface area contributed by atoms with E-state index in [2.05, 4.69) is 554 Å². The molecule has 0 aliphatic heterocycles. The highest BCUT2D eigenvalue weighted by Crippen LogP contribution is 2.48. The van der Waals surface area contributed by atoms with Crippen molar-refractivity contribution in [3.8, 4) is 174 Å². The predicted octanol–water partition coefficient (Wildman–Crippen LogP) is 36.4. The maximum atomic E-state index is 5.39. The molecule has 0 aliphatic rings. The number of hydrogen-bond donors (Lipinski definition) is 0. The lowest BCUT2D eigenvalue weighted by Gasteiger charge is -2.17. The summed E-state index contributed by atoms with van der Waals surface area (Å²) >= 11 is 0. The standard InChI is InChI=1S/C52H35N3.2C44H29N3/c1-6-18-36(19-7-1)45-34-47-46(35-48(38-20-8-2-9-21-38)53-50(47)44-29-17-16-28-43(44)45)37-30-32-42(33-31-37)55-51(40-24-12-4-13-25-40)49(39-22-10-3-11-23-39)54-52(55)41-26-14-5-15-27-41;1-5-15-30(16-6-1)37-28-39-38(29-40(31-17-7-2-8-18-31)45-43(39)36-24-14-13-23-35(36)37)33-25-26-42-41(27-33)46-44(32-19-9-3-10-20-32)47(42)34-21-11-4-12-22-34;1-4-14-30(15-5-1)37-28-39-38(29-41(32-16-6-2-7-17-32)45-43(39)36-21-11-10-20-35(36)37)31-24-26-34(27-25-31)47-42-23-13-12-22-40(42)46-44(47)33-18-8-3-9-19-33/h1-35H;2*1-29H. The van der Waals surface area contributed by atoms with Gasteiger partial charge in [-0.1, -0.05) is 467 Å². The summed E-state index contributed by atoms with van der Waals surface area (Å²) in [5, 5.41) is 10.4. The number of hydrogen-bond acceptors (Lipinski definition) is 6. The van der Waals surface area contributed by atoms with Crippen molar-refractivity contribution in [1.82, 2.24) is 43.6 Å². The second-order valence-corrected chi connectivity index (χ2v) is 37.4. The van der Waals surface area contributed by atoms with Gasteiger partial charge in [0.1, 0.15) is 17.5 Å². The van der Waals surface area contributed by atoms with Crippen molar-refractivity contribution in [3.63, 3.8) is 0 Å². The summed E-state index contributed by atoms with van der Waals surface area (Å²) in [7, 11) is 0. The Bertz CT molecular complexity index is 9790. The average molecular weight is 1900 g/mol. The van der Waals surface area contributed by atoms with Crippen molar-refractivity contribution >= 4 is 87.1 Å². The van der Waals surface area contributed by atoms with Gasteiger partial charge in [0.05, 0.1) is 67.1 Å². The molecule has 28 rings (SSSR count). The first-order valence-corrected chi connectivity index (χ1v) is 50.5. The summed E-state index contributed by atoms with van der Waals surface area (Å²) in [4.78, 5) is 31.7. The Kier molecular flexibility index (Phi) is 23.5. The monoisotopic (exact) mass is 1900 g/mol. The van der Waals surface area contributed by atoms with Gasteiger partial charge in [0.2, 0.25) is 0 Å². The molecule has 28 aromatic rings. The van der Waals surface area contributed by atoms with E-state index in [-0.39, 0.29) is 0 Å². The molecule has 0 saturated carbocycles. The summed E-state index contributed by atoms with van der Waals surface area (Å²) in [6.07, 6.45) is 0. The molecule has 9 nitrogen and oxygen atoms in total. The fourth-order valence-corrected chi connectivity index (χ4v) is 21.3. The Morgan fingerprint density at radius 3 is 0.752 bits per heavy atom. The van der Waals surface area contributed by atoms with Crippen LogP contribution in [0.25, 0.3) is 261 Å². The van der Waals surface area contributed by atoms with Crippen LogP contribution in [0.4, 0.5) is 0 Å². The summed E-state index contributed by atoms with van der Waals surface area (Å²) in [5.74, 6) is 2.75. The maximum absolute atomic E-state index is 5.39. The molecule has 149 heavy (non-hydrogen) atoms. The quantitative estimate of drug-likeness (QED) is 0.0844. The molecule has 9 heteroatoms. The molecular formula is C140H93N9. The van der Waals surface area contributed by atoms with E-state index in [0.29, 0.717) is 0 Å². The van der Waals surface area contributed by atoms with Gasteiger partial charge in [-0.2, -0.15) is 0 Å². The van der Waals surface area contributed by atoms with E-state index in [9.17, 15) is 0 Å². The molecule has 0 amide bonds. The minimum absolute atomic E-state index is 0.894. The first-order chi connectivity index (χ1) is 73.9. The minimum Gasteiger partial charge on any atom is -0.292 e. The van der Waals surface area contributed by atoms with Crippen molar-refractivity contribution in [1.29, 1.82) is 0 Å². The molecular weight excluding hydrogens is 1810 g/mol. The number of pyridine rings is 3. The van der Waals surface area contributed by atoms with Gasteiger partial charge in [-0.15, -0.1) is 0 Å². The number of aromatic nitrogens is 9. The Morgan fingerprint density at radius 1 is 0.134 bits per heavy atom. The topological polar surface area (TPSA) is 92.1 Å². The van der Waals surface area contributed by atoms with Gasteiger partial charge in [0, 0.05) is 93.9 Å². The van der Waals surface area contributed by atoms with Gasteiger partial charge in [0.15, 0.2) is 0 Å². The molecule has 0 spiro atoms. The second kappa shape index (κ2) is 39.4. The molecule has 0 N–H and O–H groups in total. The lowest BCUT2D eigenvalue weighted by Crippen LogP contribution is -2.00. The van der Waals surface area contributed by atoms with Crippen molar-refractivity contribution in [2.24, 2.45) is 0 Å².